The van der Waals surface area contributed by atoms with Crippen LogP contribution in [0.3, 0.4) is 0 Å². The Hall–Kier alpha value is -1.86. The highest BCUT2D eigenvalue weighted by Gasteiger charge is 2.15. The van der Waals surface area contributed by atoms with Gasteiger partial charge in [-0.3, -0.25) is 0 Å². The van der Waals surface area contributed by atoms with E-state index in [1.807, 2.05) is 17.6 Å². The van der Waals surface area contributed by atoms with Crippen LogP contribution in [0.5, 0.6) is 0 Å². The van der Waals surface area contributed by atoms with Crippen LogP contribution < -0.4 is 0 Å². The van der Waals surface area contributed by atoms with E-state index < -0.39 is 6.10 Å². The van der Waals surface area contributed by atoms with Crippen molar-refractivity contribution in [2.24, 2.45) is 0 Å². The molecule has 0 aliphatic heterocycles. The second-order valence-electron chi connectivity index (χ2n) is 4.63. The molecule has 18 heavy (non-hydrogen) atoms. The van der Waals surface area contributed by atoms with E-state index in [4.69, 9.17) is 5.26 Å². The number of aliphatic hydroxyl groups excluding tert-OH is 1. The number of aryl methyl sites for hydroxylation is 3. The molecule has 0 amide bonds. The minimum absolute atomic E-state index is 0.415. The first-order valence-corrected chi connectivity index (χ1v) is 6.07. The van der Waals surface area contributed by atoms with Gasteiger partial charge in [-0.1, -0.05) is 0 Å². The van der Waals surface area contributed by atoms with Gasteiger partial charge in [-0.05, 0) is 44.0 Å². The summed E-state index contributed by atoms with van der Waals surface area (Å²) in [6, 6.07) is 6.23. The maximum atomic E-state index is 9.78. The first kappa shape index (κ1) is 12.6. The number of hydrogen-bond acceptors (Lipinski definition) is 3. The minimum Gasteiger partial charge on any atom is -0.385 e. The van der Waals surface area contributed by atoms with E-state index in [0.29, 0.717) is 18.8 Å². The lowest BCUT2D eigenvalue weighted by Gasteiger charge is -2.09. The summed E-state index contributed by atoms with van der Waals surface area (Å²) in [6.45, 7) is 6.36. The topological polar surface area (TPSA) is 61.8 Å². The molecule has 0 aliphatic carbocycles. The Labute approximate surface area is 106 Å². The third kappa shape index (κ3) is 2.09. The van der Waals surface area contributed by atoms with Crippen molar-refractivity contribution in [2.45, 2.75) is 39.8 Å². The number of nitriles is 1. The molecule has 0 radical (unpaired) electrons. The van der Waals surface area contributed by atoms with Crippen LogP contribution in [0.15, 0.2) is 12.1 Å². The number of benzene rings is 1. The smallest absolute Gasteiger partial charge is 0.138 e. The van der Waals surface area contributed by atoms with Crippen molar-refractivity contribution >= 4 is 11.0 Å². The number of hydrogen-bond donors (Lipinski definition) is 1. The van der Waals surface area contributed by atoms with Crippen LogP contribution in [0, 0.1) is 25.2 Å². The lowest BCUT2D eigenvalue weighted by molar-refractivity contribution is 0.184. The quantitative estimate of drug-likeness (QED) is 0.901. The van der Waals surface area contributed by atoms with Crippen LogP contribution in [-0.2, 0) is 6.54 Å². The molecule has 0 aliphatic rings. The largest absolute Gasteiger partial charge is 0.385 e. The van der Waals surface area contributed by atoms with Gasteiger partial charge in [0, 0.05) is 6.54 Å². The fourth-order valence-corrected chi connectivity index (χ4v) is 2.11. The standard InChI is InChI=1S/C14H17N3O/c1-9-7-12-13(8-10(9)2)17(6-4-5-15)14(16-12)11(3)18/h7-8,11,18H,4,6H2,1-3H3. The van der Waals surface area contributed by atoms with E-state index in [1.54, 1.807) is 6.92 Å². The van der Waals surface area contributed by atoms with Crippen LogP contribution in [0.4, 0.5) is 0 Å². The third-order valence-corrected chi connectivity index (χ3v) is 3.21. The Balaban J connectivity index is 2.65. The summed E-state index contributed by atoms with van der Waals surface area (Å²) in [7, 11) is 0. The highest BCUT2D eigenvalue weighted by Crippen LogP contribution is 2.24. The number of fused-ring (bicyclic) bond motifs is 1. The molecule has 0 saturated carbocycles. The number of rotatable bonds is 3. The number of aromatic nitrogens is 2. The van der Waals surface area contributed by atoms with Gasteiger partial charge in [0.15, 0.2) is 0 Å². The van der Waals surface area contributed by atoms with E-state index in [9.17, 15) is 5.11 Å². The second-order valence-corrected chi connectivity index (χ2v) is 4.63. The van der Waals surface area contributed by atoms with Gasteiger partial charge in [-0.15, -0.1) is 0 Å². The lowest BCUT2D eigenvalue weighted by atomic mass is 10.1. The molecular weight excluding hydrogens is 226 g/mol. The zero-order valence-corrected chi connectivity index (χ0v) is 10.9. The number of aliphatic hydroxyl groups is 1. The van der Waals surface area contributed by atoms with E-state index in [2.05, 4.69) is 24.0 Å². The summed E-state index contributed by atoms with van der Waals surface area (Å²) in [5.41, 5.74) is 4.25. The minimum atomic E-state index is -0.628. The summed E-state index contributed by atoms with van der Waals surface area (Å²) < 4.78 is 1.94. The van der Waals surface area contributed by atoms with Gasteiger partial charge in [0.2, 0.25) is 0 Å². The van der Waals surface area contributed by atoms with Crippen LogP contribution in [0.2, 0.25) is 0 Å². The Kier molecular flexibility index (Phi) is 3.35. The summed E-state index contributed by atoms with van der Waals surface area (Å²) in [6.07, 6.45) is -0.213. The van der Waals surface area contributed by atoms with Crippen molar-refractivity contribution in [3.05, 3.63) is 29.1 Å². The maximum Gasteiger partial charge on any atom is 0.138 e. The average molecular weight is 243 g/mol. The Morgan fingerprint density at radius 2 is 2.06 bits per heavy atom. The lowest BCUT2D eigenvalue weighted by Crippen LogP contribution is -2.06. The molecule has 2 aromatic rings. The van der Waals surface area contributed by atoms with Crippen molar-refractivity contribution in [3.63, 3.8) is 0 Å². The molecular formula is C14H17N3O. The molecule has 0 saturated heterocycles. The molecule has 0 bridgehead atoms. The third-order valence-electron chi connectivity index (χ3n) is 3.21. The average Bonchev–Trinajstić information content (AvgIpc) is 2.65. The zero-order valence-electron chi connectivity index (χ0n) is 10.9. The molecule has 1 heterocycles. The van der Waals surface area contributed by atoms with Crippen LogP contribution in [0.25, 0.3) is 11.0 Å². The SMILES string of the molecule is Cc1cc2nc(C(C)O)n(CCC#N)c2cc1C. The van der Waals surface area contributed by atoms with Crippen molar-refractivity contribution in [1.82, 2.24) is 9.55 Å². The molecule has 2 rings (SSSR count). The Morgan fingerprint density at radius 1 is 1.39 bits per heavy atom. The molecule has 94 valence electrons. The molecule has 0 spiro atoms. The van der Waals surface area contributed by atoms with Crippen LogP contribution in [-0.4, -0.2) is 14.7 Å². The first-order chi connectivity index (χ1) is 8.54. The summed E-state index contributed by atoms with van der Waals surface area (Å²) in [5.74, 6) is 0.630. The van der Waals surface area contributed by atoms with Gasteiger partial charge >= 0.3 is 0 Å². The van der Waals surface area contributed by atoms with E-state index in [1.165, 1.54) is 11.1 Å². The van der Waals surface area contributed by atoms with Gasteiger partial charge < -0.3 is 9.67 Å². The Bertz CT molecular complexity index is 620. The number of nitrogens with zero attached hydrogens (tertiary/aromatic N) is 3. The van der Waals surface area contributed by atoms with Gasteiger partial charge in [0.05, 0.1) is 23.5 Å². The highest BCUT2D eigenvalue weighted by atomic mass is 16.3. The molecule has 4 heteroatoms. The predicted octanol–water partition coefficient (Wildman–Crippen LogP) is 2.62. The van der Waals surface area contributed by atoms with E-state index >= 15 is 0 Å². The van der Waals surface area contributed by atoms with Crippen LogP contribution in [0.1, 0.15) is 36.4 Å². The second kappa shape index (κ2) is 4.79. The predicted molar refractivity (Wildman–Crippen MR) is 70.1 cm³/mol. The summed E-state index contributed by atoms with van der Waals surface area (Å²) >= 11 is 0. The molecule has 0 fully saturated rings. The van der Waals surface area contributed by atoms with Crippen LogP contribution >= 0.6 is 0 Å². The van der Waals surface area contributed by atoms with Crippen molar-refractivity contribution < 1.29 is 5.11 Å². The monoisotopic (exact) mass is 243 g/mol. The summed E-state index contributed by atoms with van der Waals surface area (Å²) in [4.78, 5) is 4.47. The van der Waals surface area contributed by atoms with E-state index in [-0.39, 0.29) is 0 Å². The molecule has 1 unspecified atom stereocenters. The van der Waals surface area contributed by atoms with Gasteiger partial charge in [0.1, 0.15) is 11.9 Å². The van der Waals surface area contributed by atoms with E-state index in [0.717, 1.165) is 11.0 Å². The fraction of sp³-hybridized carbons (Fsp3) is 0.429. The number of imidazole rings is 1. The van der Waals surface area contributed by atoms with Gasteiger partial charge in [-0.2, -0.15) is 5.26 Å². The normalized spacial score (nSPS) is 12.6. The van der Waals surface area contributed by atoms with Crippen molar-refractivity contribution in [1.29, 1.82) is 5.26 Å². The maximum absolute atomic E-state index is 9.78. The highest BCUT2D eigenvalue weighted by molar-refractivity contribution is 5.78. The molecule has 1 aromatic heterocycles. The fourth-order valence-electron chi connectivity index (χ4n) is 2.11. The summed E-state index contributed by atoms with van der Waals surface area (Å²) in [5, 5.41) is 18.5. The van der Waals surface area contributed by atoms with Crippen molar-refractivity contribution in [2.75, 3.05) is 0 Å². The molecule has 1 N–H and O–H groups in total. The van der Waals surface area contributed by atoms with Gasteiger partial charge in [0.25, 0.3) is 0 Å². The van der Waals surface area contributed by atoms with Crippen molar-refractivity contribution in [3.8, 4) is 6.07 Å². The molecule has 1 atom stereocenters. The van der Waals surface area contributed by atoms with Gasteiger partial charge in [-0.25, -0.2) is 4.98 Å². The zero-order chi connectivity index (χ0) is 13.3. The Morgan fingerprint density at radius 3 is 2.67 bits per heavy atom. The molecule has 4 nitrogen and oxygen atoms in total. The first-order valence-electron chi connectivity index (χ1n) is 6.07. The molecule has 1 aromatic carbocycles.